The number of imide groups is 1. The topological polar surface area (TPSA) is 70.7 Å². The average molecular weight is 201 g/mol. The van der Waals surface area contributed by atoms with Gasteiger partial charge in [-0.05, 0) is 0 Å². The molecule has 0 aromatic carbocycles. The first-order valence-corrected chi connectivity index (χ1v) is 4.53. The van der Waals surface area contributed by atoms with Gasteiger partial charge in [-0.15, -0.1) is 0 Å². The summed E-state index contributed by atoms with van der Waals surface area (Å²) in [7, 11) is 1.62. The van der Waals surface area contributed by atoms with E-state index in [1.54, 1.807) is 7.11 Å². The van der Waals surface area contributed by atoms with Gasteiger partial charge in [-0.25, -0.2) is 4.79 Å². The van der Waals surface area contributed by atoms with Crippen molar-refractivity contribution in [1.29, 1.82) is 0 Å². The van der Waals surface area contributed by atoms with E-state index in [0.717, 1.165) is 6.54 Å². The number of amides is 3. The molecule has 1 heterocycles. The highest BCUT2D eigenvalue weighted by Crippen LogP contribution is 1.96. The number of carbonyl (C=O) groups excluding carboxylic acids is 2. The molecule has 1 saturated heterocycles. The molecule has 3 amide bonds. The molecule has 0 spiro atoms. The summed E-state index contributed by atoms with van der Waals surface area (Å²) < 4.78 is 4.83. The third-order valence-electron chi connectivity index (χ3n) is 1.93. The van der Waals surface area contributed by atoms with E-state index in [4.69, 9.17) is 4.74 Å². The number of nitrogens with one attached hydrogen (secondary N) is 2. The number of rotatable bonds is 6. The van der Waals surface area contributed by atoms with Gasteiger partial charge in [-0.2, -0.15) is 0 Å². The molecule has 0 saturated carbocycles. The van der Waals surface area contributed by atoms with E-state index in [2.05, 4.69) is 10.6 Å². The SMILES string of the molecule is COCCNCCN1C(=O)CNC1=O. The van der Waals surface area contributed by atoms with Gasteiger partial charge < -0.3 is 15.4 Å². The third-order valence-corrected chi connectivity index (χ3v) is 1.93. The summed E-state index contributed by atoms with van der Waals surface area (Å²) in [4.78, 5) is 23.3. The summed E-state index contributed by atoms with van der Waals surface area (Å²) in [5, 5.41) is 5.51. The number of hydrogen-bond acceptors (Lipinski definition) is 4. The van der Waals surface area contributed by atoms with E-state index in [-0.39, 0.29) is 18.5 Å². The lowest BCUT2D eigenvalue weighted by atomic mass is 10.5. The first-order chi connectivity index (χ1) is 6.75. The number of methoxy groups -OCH3 is 1. The molecule has 0 aromatic rings. The molecular weight excluding hydrogens is 186 g/mol. The molecule has 2 N–H and O–H groups in total. The third kappa shape index (κ3) is 2.97. The van der Waals surface area contributed by atoms with Crippen LogP contribution in [0.1, 0.15) is 0 Å². The molecular formula is C8H15N3O3. The maximum atomic E-state index is 11.1. The Bertz CT molecular complexity index is 204. The second-order valence-electron chi connectivity index (χ2n) is 2.95. The molecule has 0 aromatic heterocycles. The summed E-state index contributed by atoms with van der Waals surface area (Å²) >= 11 is 0. The summed E-state index contributed by atoms with van der Waals surface area (Å²) in [6.45, 7) is 2.48. The quantitative estimate of drug-likeness (QED) is 0.417. The van der Waals surface area contributed by atoms with Crippen LogP contribution in [0.3, 0.4) is 0 Å². The van der Waals surface area contributed by atoms with Crippen LogP contribution in [0.15, 0.2) is 0 Å². The lowest BCUT2D eigenvalue weighted by molar-refractivity contribution is -0.124. The molecule has 14 heavy (non-hydrogen) atoms. The molecule has 6 nitrogen and oxygen atoms in total. The minimum Gasteiger partial charge on any atom is -0.383 e. The Kier molecular flexibility index (Phi) is 4.34. The van der Waals surface area contributed by atoms with Gasteiger partial charge in [0.1, 0.15) is 0 Å². The van der Waals surface area contributed by atoms with Crippen LogP contribution in [0.2, 0.25) is 0 Å². The Morgan fingerprint density at radius 2 is 2.29 bits per heavy atom. The molecule has 0 radical (unpaired) electrons. The zero-order chi connectivity index (χ0) is 10.4. The van der Waals surface area contributed by atoms with E-state index >= 15 is 0 Å². The molecule has 6 heteroatoms. The molecule has 1 aliphatic heterocycles. The van der Waals surface area contributed by atoms with Crippen LogP contribution in [0.25, 0.3) is 0 Å². The number of hydrogen-bond donors (Lipinski definition) is 2. The van der Waals surface area contributed by atoms with Gasteiger partial charge in [-0.3, -0.25) is 9.69 Å². The largest absolute Gasteiger partial charge is 0.383 e. The molecule has 80 valence electrons. The second kappa shape index (κ2) is 5.56. The Labute approximate surface area is 82.6 Å². The first-order valence-electron chi connectivity index (χ1n) is 4.53. The Hall–Kier alpha value is -1.14. The molecule has 1 fully saturated rings. The van der Waals surface area contributed by atoms with E-state index in [0.29, 0.717) is 19.7 Å². The predicted octanol–water partition coefficient (Wildman–Crippen LogP) is -1.23. The highest BCUT2D eigenvalue weighted by atomic mass is 16.5. The van der Waals surface area contributed by atoms with Crippen LogP contribution in [-0.4, -0.2) is 56.7 Å². The molecule has 0 atom stereocenters. The van der Waals surface area contributed by atoms with Crippen molar-refractivity contribution in [1.82, 2.24) is 15.5 Å². The average Bonchev–Trinajstić information content (AvgIpc) is 2.48. The Morgan fingerprint density at radius 3 is 2.86 bits per heavy atom. The Morgan fingerprint density at radius 1 is 1.50 bits per heavy atom. The fourth-order valence-electron chi connectivity index (χ4n) is 1.17. The first kappa shape index (κ1) is 10.9. The summed E-state index contributed by atoms with van der Waals surface area (Å²) in [6, 6.07) is -0.302. The number of nitrogens with zero attached hydrogens (tertiary/aromatic N) is 1. The minimum absolute atomic E-state index is 0.122. The number of urea groups is 1. The molecule has 1 aliphatic rings. The summed E-state index contributed by atoms with van der Waals surface area (Å²) in [5.41, 5.74) is 0. The van der Waals surface area contributed by atoms with Crippen molar-refractivity contribution in [2.45, 2.75) is 0 Å². The van der Waals surface area contributed by atoms with Gasteiger partial charge in [0.2, 0.25) is 5.91 Å². The maximum Gasteiger partial charge on any atom is 0.324 e. The highest BCUT2D eigenvalue weighted by molar-refractivity contribution is 6.01. The monoisotopic (exact) mass is 201 g/mol. The predicted molar refractivity (Wildman–Crippen MR) is 49.9 cm³/mol. The zero-order valence-corrected chi connectivity index (χ0v) is 8.21. The van der Waals surface area contributed by atoms with Crippen molar-refractivity contribution in [3.8, 4) is 0 Å². The molecule has 1 rings (SSSR count). The van der Waals surface area contributed by atoms with Gasteiger partial charge in [0.25, 0.3) is 0 Å². The van der Waals surface area contributed by atoms with Crippen LogP contribution in [0, 0.1) is 0 Å². The summed E-state index contributed by atoms with van der Waals surface area (Å²) in [5.74, 6) is -0.163. The molecule has 0 aliphatic carbocycles. The number of carbonyl (C=O) groups is 2. The summed E-state index contributed by atoms with van der Waals surface area (Å²) in [6.07, 6.45) is 0. The van der Waals surface area contributed by atoms with Crippen LogP contribution in [0.4, 0.5) is 4.79 Å². The van der Waals surface area contributed by atoms with E-state index in [1.165, 1.54) is 4.90 Å². The van der Waals surface area contributed by atoms with Gasteiger partial charge >= 0.3 is 6.03 Å². The van der Waals surface area contributed by atoms with Crippen molar-refractivity contribution in [2.24, 2.45) is 0 Å². The van der Waals surface area contributed by atoms with Gasteiger partial charge in [0.05, 0.1) is 13.2 Å². The standard InChI is InChI=1S/C8H15N3O3/c1-14-5-3-9-2-4-11-7(12)6-10-8(11)13/h9H,2-6H2,1H3,(H,10,13). The second-order valence-corrected chi connectivity index (χ2v) is 2.95. The normalized spacial score (nSPS) is 16.2. The van der Waals surface area contributed by atoms with E-state index < -0.39 is 0 Å². The van der Waals surface area contributed by atoms with Crippen LogP contribution >= 0.6 is 0 Å². The highest BCUT2D eigenvalue weighted by Gasteiger charge is 2.27. The molecule has 0 unspecified atom stereocenters. The van der Waals surface area contributed by atoms with Crippen LogP contribution < -0.4 is 10.6 Å². The molecule has 0 bridgehead atoms. The van der Waals surface area contributed by atoms with Crippen molar-refractivity contribution in [3.63, 3.8) is 0 Å². The smallest absolute Gasteiger partial charge is 0.324 e. The van der Waals surface area contributed by atoms with E-state index in [9.17, 15) is 9.59 Å². The number of ether oxygens (including phenoxy) is 1. The fourth-order valence-corrected chi connectivity index (χ4v) is 1.17. The van der Waals surface area contributed by atoms with Gasteiger partial charge in [0.15, 0.2) is 0 Å². The minimum atomic E-state index is -0.302. The van der Waals surface area contributed by atoms with Crippen LogP contribution in [-0.2, 0) is 9.53 Å². The fraction of sp³-hybridized carbons (Fsp3) is 0.750. The van der Waals surface area contributed by atoms with Crippen molar-refractivity contribution < 1.29 is 14.3 Å². The van der Waals surface area contributed by atoms with E-state index in [1.807, 2.05) is 0 Å². The Balaban J connectivity index is 2.11. The lowest BCUT2D eigenvalue weighted by Crippen LogP contribution is -2.37. The van der Waals surface area contributed by atoms with Crippen molar-refractivity contribution in [2.75, 3.05) is 39.9 Å². The van der Waals surface area contributed by atoms with Gasteiger partial charge in [-0.1, -0.05) is 0 Å². The zero-order valence-electron chi connectivity index (χ0n) is 8.21. The lowest BCUT2D eigenvalue weighted by Gasteiger charge is -2.12. The maximum absolute atomic E-state index is 11.1. The van der Waals surface area contributed by atoms with Gasteiger partial charge in [0, 0.05) is 26.7 Å². The van der Waals surface area contributed by atoms with Crippen LogP contribution in [0.5, 0.6) is 0 Å². The van der Waals surface area contributed by atoms with Crippen molar-refractivity contribution in [3.05, 3.63) is 0 Å². The van der Waals surface area contributed by atoms with Crippen molar-refractivity contribution >= 4 is 11.9 Å².